The van der Waals surface area contributed by atoms with E-state index in [0.717, 1.165) is 54.3 Å². The molecular formula is C26H26N2O4. The molecule has 1 N–H and O–H groups in total. The molecule has 0 bridgehead atoms. The maximum Gasteiger partial charge on any atom is 0.339 e. The minimum absolute atomic E-state index is 0.0473. The molecular weight excluding hydrogens is 404 g/mol. The Morgan fingerprint density at radius 3 is 2.44 bits per heavy atom. The summed E-state index contributed by atoms with van der Waals surface area (Å²) in [5.41, 5.74) is 4.29. The lowest BCUT2D eigenvalue weighted by molar-refractivity contribution is -0.123. The Kier molecular flexibility index (Phi) is 6.30. The van der Waals surface area contributed by atoms with Crippen LogP contribution < -0.4 is 5.32 Å². The van der Waals surface area contributed by atoms with Crippen LogP contribution in [0.5, 0.6) is 0 Å². The van der Waals surface area contributed by atoms with Crippen LogP contribution in [-0.2, 0) is 22.4 Å². The summed E-state index contributed by atoms with van der Waals surface area (Å²) in [6.45, 7) is 3.04. The molecule has 1 aromatic heterocycles. The second-order valence-electron chi connectivity index (χ2n) is 8.16. The average Bonchev–Trinajstić information content (AvgIpc) is 3.02. The molecule has 164 valence electrons. The van der Waals surface area contributed by atoms with Gasteiger partial charge in [-0.15, -0.1) is 0 Å². The highest BCUT2D eigenvalue weighted by molar-refractivity contribution is 6.06. The minimum Gasteiger partial charge on any atom is -0.449 e. The number of nitrogens with one attached hydrogen (secondary N) is 1. The van der Waals surface area contributed by atoms with Crippen molar-refractivity contribution in [3.05, 3.63) is 70.9 Å². The highest BCUT2D eigenvalue weighted by Gasteiger charge is 2.26. The number of anilines is 1. The number of benzene rings is 2. The normalized spacial score (nSPS) is 14.2. The Bertz CT molecular complexity index is 1180. The number of ketones is 1. The Labute approximate surface area is 187 Å². The largest absolute Gasteiger partial charge is 0.449 e. The number of Topliss-reactive ketones (excluding diaryl/α,β-unsaturated/α-hetero) is 1. The minimum atomic E-state index is -0.983. The van der Waals surface area contributed by atoms with Crippen molar-refractivity contribution in [3.63, 3.8) is 0 Å². The van der Waals surface area contributed by atoms with Gasteiger partial charge in [0.2, 0.25) is 0 Å². The van der Waals surface area contributed by atoms with Crippen LogP contribution in [0, 0.1) is 0 Å². The molecule has 1 heterocycles. The van der Waals surface area contributed by atoms with E-state index in [-0.39, 0.29) is 5.78 Å². The molecule has 0 fully saturated rings. The number of fused-ring (bicyclic) bond motifs is 2. The van der Waals surface area contributed by atoms with Crippen LogP contribution in [0.3, 0.4) is 0 Å². The molecule has 2 aromatic carbocycles. The standard InChI is InChI=1S/C26H26N2O4/c1-16(29)18-12-14-19(15-13-18)27-25(30)17(2)32-26(31)24-20-8-4-3-5-10-22(20)28-23-11-7-6-9-21(23)24/h6-7,9,11-15,17H,3-5,8,10H2,1-2H3,(H,27,30)/t17-/m0/s1. The molecule has 0 saturated heterocycles. The Hall–Kier alpha value is -3.54. The topological polar surface area (TPSA) is 85.4 Å². The van der Waals surface area contributed by atoms with Gasteiger partial charge in [0.1, 0.15) is 0 Å². The van der Waals surface area contributed by atoms with Gasteiger partial charge in [-0.3, -0.25) is 14.6 Å². The zero-order valence-electron chi connectivity index (χ0n) is 18.3. The van der Waals surface area contributed by atoms with E-state index in [0.29, 0.717) is 16.8 Å². The quantitative estimate of drug-likeness (QED) is 0.354. The SMILES string of the molecule is CC(=O)c1ccc(NC(=O)[C@H](C)OC(=O)c2c3c(nc4ccccc24)CCCCC3)cc1. The number of hydrogen-bond acceptors (Lipinski definition) is 5. The van der Waals surface area contributed by atoms with Gasteiger partial charge in [-0.1, -0.05) is 24.6 Å². The van der Waals surface area contributed by atoms with E-state index < -0.39 is 18.0 Å². The van der Waals surface area contributed by atoms with Gasteiger partial charge in [0.25, 0.3) is 5.91 Å². The lowest BCUT2D eigenvalue weighted by Gasteiger charge is -2.18. The summed E-state index contributed by atoms with van der Waals surface area (Å²) < 4.78 is 5.61. The van der Waals surface area contributed by atoms with E-state index in [1.807, 2.05) is 24.3 Å². The molecule has 0 radical (unpaired) electrons. The van der Waals surface area contributed by atoms with Crippen molar-refractivity contribution in [2.24, 2.45) is 0 Å². The predicted molar refractivity (Wildman–Crippen MR) is 123 cm³/mol. The summed E-state index contributed by atoms with van der Waals surface area (Å²) in [7, 11) is 0. The highest BCUT2D eigenvalue weighted by atomic mass is 16.5. The van der Waals surface area contributed by atoms with Crippen LogP contribution >= 0.6 is 0 Å². The first kappa shape index (κ1) is 21.7. The van der Waals surface area contributed by atoms with Gasteiger partial charge in [0.15, 0.2) is 11.9 Å². The number of rotatable bonds is 5. The van der Waals surface area contributed by atoms with Crippen LogP contribution in [0.15, 0.2) is 48.5 Å². The summed E-state index contributed by atoms with van der Waals surface area (Å²) in [6.07, 6.45) is 3.78. The van der Waals surface area contributed by atoms with E-state index in [1.165, 1.54) is 6.92 Å². The molecule has 1 aliphatic rings. The predicted octanol–water partition coefficient (Wildman–Crippen LogP) is 4.89. The molecule has 1 atom stereocenters. The van der Waals surface area contributed by atoms with E-state index >= 15 is 0 Å². The molecule has 1 aliphatic carbocycles. The first-order valence-corrected chi connectivity index (χ1v) is 11.0. The monoisotopic (exact) mass is 430 g/mol. The third-order valence-corrected chi connectivity index (χ3v) is 5.84. The van der Waals surface area contributed by atoms with Crippen LogP contribution in [0.1, 0.15) is 65.1 Å². The molecule has 0 aliphatic heterocycles. The van der Waals surface area contributed by atoms with Gasteiger partial charge in [-0.05, 0) is 75.4 Å². The number of esters is 1. The first-order chi connectivity index (χ1) is 15.4. The van der Waals surface area contributed by atoms with Crippen LogP contribution in [0.25, 0.3) is 10.9 Å². The van der Waals surface area contributed by atoms with Gasteiger partial charge in [0.05, 0.1) is 11.1 Å². The van der Waals surface area contributed by atoms with Gasteiger partial charge < -0.3 is 10.1 Å². The van der Waals surface area contributed by atoms with E-state index in [9.17, 15) is 14.4 Å². The third kappa shape index (κ3) is 4.54. The number of carbonyl (C=O) groups is 3. The van der Waals surface area contributed by atoms with Crippen LogP contribution in [0.4, 0.5) is 5.69 Å². The summed E-state index contributed by atoms with van der Waals surface area (Å²) in [5.74, 6) is -0.983. The number of nitrogens with zero attached hydrogens (tertiary/aromatic N) is 1. The number of carbonyl (C=O) groups excluding carboxylic acids is 3. The second kappa shape index (κ2) is 9.30. The van der Waals surface area contributed by atoms with Crippen LogP contribution in [-0.4, -0.2) is 28.7 Å². The van der Waals surface area contributed by atoms with Crippen molar-refractivity contribution in [2.45, 2.75) is 52.1 Å². The fourth-order valence-corrected chi connectivity index (χ4v) is 4.09. The fourth-order valence-electron chi connectivity index (χ4n) is 4.09. The van der Waals surface area contributed by atoms with Crippen molar-refractivity contribution < 1.29 is 19.1 Å². The number of aryl methyl sites for hydroxylation is 1. The Morgan fingerprint density at radius 1 is 0.969 bits per heavy atom. The summed E-state index contributed by atoms with van der Waals surface area (Å²) in [5, 5.41) is 3.49. The van der Waals surface area contributed by atoms with Crippen molar-refractivity contribution in [1.29, 1.82) is 0 Å². The zero-order valence-corrected chi connectivity index (χ0v) is 18.3. The molecule has 0 spiro atoms. The number of pyridine rings is 1. The molecule has 6 heteroatoms. The molecule has 0 unspecified atom stereocenters. The van der Waals surface area contributed by atoms with Crippen LogP contribution in [0.2, 0.25) is 0 Å². The van der Waals surface area contributed by atoms with Gasteiger partial charge >= 0.3 is 5.97 Å². The van der Waals surface area contributed by atoms with Crippen molar-refractivity contribution in [1.82, 2.24) is 4.98 Å². The maximum absolute atomic E-state index is 13.3. The van der Waals surface area contributed by atoms with Gasteiger partial charge in [-0.2, -0.15) is 0 Å². The number of ether oxygens (including phenoxy) is 1. The number of hydrogen-bond donors (Lipinski definition) is 1. The number of para-hydroxylation sites is 1. The van der Waals surface area contributed by atoms with Crippen molar-refractivity contribution in [3.8, 4) is 0 Å². The molecule has 1 amide bonds. The summed E-state index contributed by atoms with van der Waals surface area (Å²) in [6, 6.07) is 14.2. The second-order valence-corrected chi connectivity index (χ2v) is 8.16. The molecule has 0 saturated carbocycles. The van der Waals surface area contributed by atoms with Gasteiger partial charge in [0, 0.05) is 22.3 Å². The fraction of sp³-hybridized carbons (Fsp3) is 0.308. The zero-order chi connectivity index (χ0) is 22.7. The summed E-state index contributed by atoms with van der Waals surface area (Å²) >= 11 is 0. The lowest BCUT2D eigenvalue weighted by Crippen LogP contribution is -2.30. The molecule has 32 heavy (non-hydrogen) atoms. The highest BCUT2D eigenvalue weighted by Crippen LogP contribution is 2.29. The van der Waals surface area contributed by atoms with E-state index in [1.54, 1.807) is 31.2 Å². The van der Waals surface area contributed by atoms with E-state index in [2.05, 4.69) is 5.32 Å². The maximum atomic E-state index is 13.3. The molecule has 6 nitrogen and oxygen atoms in total. The third-order valence-electron chi connectivity index (χ3n) is 5.84. The van der Waals surface area contributed by atoms with E-state index in [4.69, 9.17) is 9.72 Å². The lowest BCUT2D eigenvalue weighted by atomic mass is 9.97. The van der Waals surface area contributed by atoms with Gasteiger partial charge in [-0.25, -0.2) is 4.79 Å². The first-order valence-electron chi connectivity index (χ1n) is 11.0. The molecule has 4 rings (SSSR count). The Morgan fingerprint density at radius 2 is 1.69 bits per heavy atom. The number of aromatic nitrogens is 1. The number of amides is 1. The summed E-state index contributed by atoms with van der Waals surface area (Å²) in [4.78, 5) is 42.1. The van der Waals surface area contributed by atoms with Crippen molar-refractivity contribution >= 4 is 34.3 Å². The Balaban J connectivity index is 1.56. The molecule has 3 aromatic rings. The average molecular weight is 431 g/mol. The smallest absolute Gasteiger partial charge is 0.339 e. The van der Waals surface area contributed by atoms with Crippen molar-refractivity contribution in [2.75, 3.05) is 5.32 Å².